The summed E-state index contributed by atoms with van der Waals surface area (Å²) in [6.07, 6.45) is 0. The summed E-state index contributed by atoms with van der Waals surface area (Å²) in [6.45, 7) is 3.25. The molecule has 1 saturated heterocycles. The third-order valence-corrected chi connectivity index (χ3v) is 5.78. The highest BCUT2D eigenvalue weighted by Crippen LogP contribution is 2.29. The van der Waals surface area contributed by atoms with E-state index in [2.05, 4.69) is 10.6 Å². The van der Waals surface area contributed by atoms with Gasteiger partial charge in [0, 0.05) is 0 Å². The molecule has 3 aromatic carbocycles. The molecule has 1 aliphatic heterocycles. The molecule has 0 spiro atoms. The lowest BCUT2D eigenvalue weighted by atomic mass is 9.91. The van der Waals surface area contributed by atoms with Crippen LogP contribution in [0.5, 0.6) is 0 Å². The molecule has 162 valence electrons. The highest BCUT2D eigenvalue weighted by Gasteiger charge is 2.49. The number of benzene rings is 3. The minimum Gasteiger partial charge on any atom is -0.344 e. The second-order valence-corrected chi connectivity index (χ2v) is 8.13. The zero-order chi connectivity index (χ0) is 22.7. The molecule has 6 nitrogen and oxygen atoms in total. The van der Waals surface area contributed by atoms with E-state index in [-0.39, 0.29) is 6.54 Å². The first-order valence-corrected chi connectivity index (χ1v) is 10.5. The Kier molecular flexibility index (Phi) is 5.77. The van der Waals surface area contributed by atoms with Gasteiger partial charge in [-0.25, -0.2) is 4.79 Å². The van der Waals surface area contributed by atoms with E-state index in [1.807, 2.05) is 91.9 Å². The Bertz CT molecular complexity index is 1090. The standard InChI is InChI=1S/C26H25N3O3/c1-18-13-15-21(16-14-18)26(2)24(31)29(25(32)28-26)17-22(30)27-23(19-9-5-3-6-10-19)20-11-7-4-8-12-20/h3-16,23H,17H2,1-2H3,(H,27,30)(H,28,32)/t26-/m0/s1. The Morgan fingerprint density at radius 3 is 1.97 bits per heavy atom. The van der Waals surface area contributed by atoms with Crippen LogP contribution in [0.3, 0.4) is 0 Å². The Morgan fingerprint density at radius 1 is 0.906 bits per heavy atom. The Morgan fingerprint density at radius 2 is 1.44 bits per heavy atom. The number of hydrogen-bond donors (Lipinski definition) is 2. The topological polar surface area (TPSA) is 78.5 Å². The average molecular weight is 428 g/mol. The van der Waals surface area contributed by atoms with Crippen LogP contribution >= 0.6 is 0 Å². The van der Waals surface area contributed by atoms with Crippen molar-refractivity contribution in [3.63, 3.8) is 0 Å². The van der Waals surface area contributed by atoms with E-state index < -0.39 is 29.4 Å². The van der Waals surface area contributed by atoms with Crippen molar-refractivity contribution in [2.45, 2.75) is 25.4 Å². The molecular weight excluding hydrogens is 402 g/mol. The second-order valence-electron chi connectivity index (χ2n) is 8.13. The van der Waals surface area contributed by atoms with Crippen LogP contribution in [0.1, 0.15) is 35.2 Å². The number of imide groups is 1. The van der Waals surface area contributed by atoms with Crippen LogP contribution in [0.15, 0.2) is 84.9 Å². The molecule has 0 saturated carbocycles. The van der Waals surface area contributed by atoms with Crippen LogP contribution in [-0.4, -0.2) is 29.3 Å². The molecule has 3 aromatic rings. The van der Waals surface area contributed by atoms with Gasteiger partial charge in [-0.3, -0.25) is 14.5 Å². The fourth-order valence-electron chi connectivity index (χ4n) is 3.92. The van der Waals surface area contributed by atoms with Gasteiger partial charge in [-0.2, -0.15) is 0 Å². The SMILES string of the molecule is Cc1ccc([C@]2(C)NC(=O)N(CC(=O)NC(c3ccccc3)c3ccccc3)C2=O)cc1. The summed E-state index contributed by atoms with van der Waals surface area (Å²) >= 11 is 0. The highest BCUT2D eigenvalue weighted by molar-refractivity contribution is 6.09. The average Bonchev–Trinajstić information content (AvgIpc) is 3.03. The molecule has 4 rings (SSSR count). The molecular formula is C26H25N3O3. The number of hydrogen-bond acceptors (Lipinski definition) is 3. The first-order chi connectivity index (χ1) is 15.4. The van der Waals surface area contributed by atoms with Crippen molar-refractivity contribution >= 4 is 17.8 Å². The van der Waals surface area contributed by atoms with Crippen LogP contribution in [0.4, 0.5) is 4.79 Å². The molecule has 0 aliphatic carbocycles. The molecule has 2 N–H and O–H groups in total. The molecule has 1 atom stereocenters. The largest absolute Gasteiger partial charge is 0.344 e. The van der Waals surface area contributed by atoms with E-state index in [4.69, 9.17) is 0 Å². The van der Waals surface area contributed by atoms with Crippen molar-refractivity contribution in [3.05, 3.63) is 107 Å². The maximum Gasteiger partial charge on any atom is 0.325 e. The lowest BCUT2D eigenvalue weighted by Crippen LogP contribution is -2.44. The van der Waals surface area contributed by atoms with Gasteiger partial charge in [-0.05, 0) is 30.5 Å². The summed E-state index contributed by atoms with van der Waals surface area (Å²) in [7, 11) is 0. The number of amides is 4. The molecule has 1 heterocycles. The van der Waals surface area contributed by atoms with Crippen LogP contribution in [0.2, 0.25) is 0 Å². The van der Waals surface area contributed by atoms with Gasteiger partial charge in [0.25, 0.3) is 5.91 Å². The van der Waals surface area contributed by atoms with Gasteiger partial charge in [0.2, 0.25) is 5.91 Å². The summed E-state index contributed by atoms with van der Waals surface area (Å²) in [6, 6.07) is 25.6. The Balaban J connectivity index is 1.53. The van der Waals surface area contributed by atoms with E-state index in [0.29, 0.717) is 5.56 Å². The van der Waals surface area contributed by atoms with Gasteiger partial charge in [0.05, 0.1) is 6.04 Å². The van der Waals surface area contributed by atoms with Gasteiger partial charge in [0.15, 0.2) is 0 Å². The predicted molar refractivity (Wildman–Crippen MR) is 122 cm³/mol. The van der Waals surface area contributed by atoms with E-state index in [0.717, 1.165) is 21.6 Å². The molecule has 1 fully saturated rings. The van der Waals surface area contributed by atoms with E-state index in [1.165, 1.54) is 0 Å². The predicted octanol–water partition coefficient (Wildman–Crippen LogP) is 3.67. The van der Waals surface area contributed by atoms with Crippen molar-refractivity contribution in [1.82, 2.24) is 15.5 Å². The normalized spacial score (nSPS) is 18.0. The first-order valence-electron chi connectivity index (χ1n) is 10.5. The number of urea groups is 1. The lowest BCUT2D eigenvalue weighted by Gasteiger charge is -2.23. The van der Waals surface area contributed by atoms with Crippen molar-refractivity contribution in [2.75, 3.05) is 6.54 Å². The number of carbonyl (C=O) groups excluding carboxylic acids is 3. The molecule has 0 bridgehead atoms. The monoisotopic (exact) mass is 427 g/mol. The van der Waals surface area contributed by atoms with Gasteiger partial charge < -0.3 is 10.6 Å². The quantitative estimate of drug-likeness (QED) is 0.589. The minimum absolute atomic E-state index is 0.359. The third-order valence-electron chi connectivity index (χ3n) is 5.78. The Hall–Kier alpha value is -3.93. The number of nitrogens with zero attached hydrogens (tertiary/aromatic N) is 1. The number of nitrogens with one attached hydrogen (secondary N) is 2. The van der Waals surface area contributed by atoms with Gasteiger partial charge in [0.1, 0.15) is 12.1 Å². The molecule has 6 heteroatoms. The van der Waals surface area contributed by atoms with E-state index in [9.17, 15) is 14.4 Å². The Labute approximate surface area is 187 Å². The van der Waals surface area contributed by atoms with Crippen LogP contribution < -0.4 is 10.6 Å². The van der Waals surface area contributed by atoms with Gasteiger partial charge in [-0.15, -0.1) is 0 Å². The van der Waals surface area contributed by atoms with Gasteiger partial charge in [-0.1, -0.05) is 90.5 Å². The lowest BCUT2D eigenvalue weighted by molar-refractivity contribution is -0.135. The first kappa shape index (κ1) is 21.3. The van der Waals surface area contributed by atoms with Crippen molar-refractivity contribution in [1.29, 1.82) is 0 Å². The maximum atomic E-state index is 13.1. The molecule has 4 amide bonds. The fraction of sp³-hybridized carbons (Fsp3) is 0.192. The van der Waals surface area contributed by atoms with Gasteiger partial charge >= 0.3 is 6.03 Å². The third kappa shape index (κ3) is 4.12. The molecule has 0 radical (unpaired) electrons. The zero-order valence-corrected chi connectivity index (χ0v) is 18.0. The maximum absolute atomic E-state index is 13.1. The molecule has 0 unspecified atom stereocenters. The molecule has 1 aliphatic rings. The summed E-state index contributed by atoms with van der Waals surface area (Å²) in [5.41, 5.74) is 2.35. The number of carbonyl (C=O) groups is 3. The van der Waals surface area contributed by atoms with E-state index >= 15 is 0 Å². The minimum atomic E-state index is -1.21. The van der Waals surface area contributed by atoms with Crippen molar-refractivity contribution in [2.24, 2.45) is 0 Å². The van der Waals surface area contributed by atoms with Crippen molar-refractivity contribution in [3.8, 4) is 0 Å². The van der Waals surface area contributed by atoms with Crippen LogP contribution in [-0.2, 0) is 15.1 Å². The van der Waals surface area contributed by atoms with Crippen LogP contribution in [0, 0.1) is 6.92 Å². The molecule has 32 heavy (non-hydrogen) atoms. The number of aryl methyl sites for hydroxylation is 1. The van der Waals surface area contributed by atoms with Crippen LogP contribution in [0.25, 0.3) is 0 Å². The highest BCUT2D eigenvalue weighted by atomic mass is 16.2. The second kappa shape index (κ2) is 8.67. The smallest absolute Gasteiger partial charge is 0.325 e. The summed E-state index contributed by atoms with van der Waals surface area (Å²) < 4.78 is 0. The summed E-state index contributed by atoms with van der Waals surface area (Å²) in [4.78, 5) is 39.7. The van der Waals surface area contributed by atoms with E-state index in [1.54, 1.807) is 6.92 Å². The summed E-state index contributed by atoms with van der Waals surface area (Å²) in [5.74, 6) is -0.864. The zero-order valence-electron chi connectivity index (χ0n) is 18.0. The van der Waals surface area contributed by atoms with Crippen molar-refractivity contribution < 1.29 is 14.4 Å². The number of rotatable bonds is 6. The molecule has 0 aromatic heterocycles. The summed E-state index contributed by atoms with van der Waals surface area (Å²) in [5, 5.41) is 5.72. The fourth-order valence-corrected chi connectivity index (χ4v) is 3.92.